The van der Waals surface area contributed by atoms with Crippen molar-refractivity contribution in [1.29, 1.82) is 0 Å². The monoisotopic (exact) mass is 252 g/mol. The maximum absolute atomic E-state index is 10.6. The molecule has 0 aromatic heterocycles. The predicted octanol–water partition coefficient (Wildman–Crippen LogP) is -1.66. The molecule has 1 atom stereocenters. The molecule has 84 valence electrons. The summed E-state index contributed by atoms with van der Waals surface area (Å²) in [6.45, 7) is 3.58. The van der Waals surface area contributed by atoms with Crippen molar-refractivity contribution in [3.63, 3.8) is 0 Å². The van der Waals surface area contributed by atoms with Crippen molar-refractivity contribution in [2.45, 2.75) is 11.8 Å². The molecule has 0 heterocycles. The van der Waals surface area contributed by atoms with Crippen LogP contribution in [0.25, 0.3) is 0 Å². The molecule has 0 aliphatic carbocycles. The van der Waals surface area contributed by atoms with E-state index >= 15 is 0 Å². The Balaban J connectivity index is 0.00000225. The van der Waals surface area contributed by atoms with E-state index < -0.39 is 11.1 Å². The first-order valence-corrected chi connectivity index (χ1v) is 5.71. The van der Waals surface area contributed by atoms with E-state index in [1.54, 1.807) is 12.1 Å². The van der Waals surface area contributed by atoms with E-state index in [9.17, 15) is 8.76 Å². The predicted molar refractivity (Wildman–Crippen MR) is 55.6 cm³/mol. The Morgan fingerprint density at radius 1 is 1.25 bits per heavy atom. The first kappa shape index (κ1) is 16.1. The van der Waals surface area contributed by atoms with Gasteiger partial charge < -0.3 is 14.0 Å². The SMILES string of the molecule is CCOCCOc1ccc(S(=O)[O-])cc1.[Na+]. The molecule has 4 nitrogen and oxygen atoms in total. The van der Waals surface area contributed by atoms with Crippen LogP contribution in [0.2, 0.25) is 0 Å². The van der Waals surface area contributed by atoms with Gasteiger partial charge in [0.1, 0.15) is 12.4 Å². The third kappa shape index (κ3) is 5.98. The van der Waals surface area contributed by atoms with Crippen LogP contribution < -0.4 is 34.3 Å². The van der Waals surface area contributed by atoms with E-state index in [1.807, 2.05) is 6.92 Å². The molecule has 0 aliphatic rings. The number of ether oxygens (including phenoxy) is 2. The Hall–Kier alpha value is 0.0900. The van der Waals surface area contributed by atoms with Gasteiger partial charge in [-0.1, -0.05) is 0 Å². The molecule has 0 spiro atoms. The van der Waals surface area contributed by atoms with Gasteiger partial charge in [-0.3, -0.25) is 4.21 Å². The zero-order valence-corrected chi connectivity index (χ0v) is 12.3. The average Bonchev–Trinajstić information content (AvgIpc) is 2.25. The number of hydrogen-bond acceptors (Lipinski definition) is 4. The summed E-state index contributed by atoms with van der Waals surface area (Å²) in [5, 5.41) is 0. The van der Waals surface area contributed by atoms with Gasteiger partial charge in [-0.05, 0) is 42.3 Å². The number of rotatable bonds is 6. The molecule has 0 amide bonds. The Morgan fingerprint density at radius 3 is 2.38 bits per heavy atom. The topological polar surface area (TPSA) is 58.6 Å². The van der Waals surface area contributed by atoms with Crippen LogP contribution in [-0.2, 0) is 15.8 Å². The first-order chi connectivity index (χ1) is 7.24. The van der Waals surface area contributed by atoms with Gasteiger partial charge in [-0.2, -0.15) is 0 Å². The minimum atomic E-state index is -2.18. The zero-order valence-electron chi connectivity index (χ0n) is 9.47. The molecule has 0 aliphatic heterocycles. The van der Waals surface area contributed by atoms with E-state index in [0.717, 1.165) is 0 Å². The van der Waals surface area contributed by atoms with Crippen molar-refractivity contribution in [3.05, 3.63) is 24.3 Å². The van der Waals surface area contributed by atoms with Gasteiger partial charge in [0.2, 0.25) is 0 Å². The molecule has 0 bridgehead atoms. The Labute approximate surface area is 120 Å². The molecule has 16 heavy (non-hydrogen) atoms. The molecule has 0 saturated heterocycles. The van der Waals surface area contributed by atoms with Gasteiger partial charge in [0.05, 0.1) is 6.61 Å². The van der Waals surface area contributed by atoms with Crippen molar-refractivity contribution in [1.82, 2.24) is 0 Å². The van der Waals surface area contributed by atoms with E-state index in [0.29, 0.717) is 25.6 Å². The van der Waals surface area contributed by atoms with Crippen LogP contribution in [-0.4, -0.2) is 28.6 Å². The van der Waals surface area contributed by atoms with Crippen LogP contribution in [0, 0.1) is 0 Å². The summed E-state index contributed by atoms with van der Waals surface area (Å²) < 4.78 is 31.5. The fourth-order valence-electron chi connectivity index (χ4n) is 1.01. The second-order valence-electron chi connectivity index (χ2n) is 2.75. The van der Waals surface area contributed by atoms with Gasteiger partial charge in [0.15, 0.2) is 0 Å². The second-order valence-corrected chi connectivity index (χ2v) is 3.69. The summed E-state index contributed by atoms with van der Waals surface area (Å²) in [5.74, 6) is 0.643. The fourth-order valence-corrected chi connectivity index (χ4v) is 1.37. The number of hydrogen-bond donors (Lipinski definition) is 0. The normalized spacial score (nSPS) is 11.6. The van der Waals surface area contributed by atoms with E-state index in [2.05, 4.69) is 0 Å². The summed E-state index contributed by atoms with van der Waals surface area (Å²) in [6, 6.07) is 6.24. The maximum atomic E-state index is 10.6. The molecule has 6 heteroatoms. The standard InChI is InChI=1S/C10H14O4S.Na/c1-2-13-7-8-14-9-3-5-10(6-4-9)15(11)12;/h3-6H,2,7-8H2,1H3,(H,11,12);/q;+1/p-1. The molecular weight excluding hydrogens is 239 g/mol. The molecule has 0 N–H and O–H groups in total. The van der Waals surface area contributed by atoms with Gasteiger partial charge in [-0.25, -0.2) is 0 Å². The molecule has 1 unspecified atom stereocenters. The van der Waals surface area contributed by atoms with Crippen molar-refractivity contribution >= 4 is 11.1 Å². The summed E-state index contributed by atoms with van der Waals surface area (Å²) in [5.41, 5.74) is 0. The van der Waals surface area contributed by atoms with Crippen molar-refractivity contribution in [2.75, 3.05) is 19.8 Å². The third-order valence-corrected chi connectivity index (χ3v) is 2.37. The van der Waals surface area contributed by atoms with E-state index in [1.165, 1.54) is 12.1 Å². The van der Waals surface area contributed by atoms with E-state index in [4.69, 9.17) is 9.47 Å². The summed E-state index contributed by atoms with van der Waals surface area (Å²) >= 11 is -2.18. The summed E-state index contributed by atoms with van der Waals surface area (Å²) in [4.78, 5) is 0.257. The minimum Gasteiger partial charge on any atom is -0.768 e. The Morgan fingerprint density at radius 2 is 1.88 bits per heavy atom. The fraction of sp³-hybridized carbons (Fsp3) is 0.400. The first-order valence-electron chi connectivity index (χ1n) is 4.64. The van der Waals surface area contributed by atoms with Crippen LogP contribution in [0.4, 0.5) is 0 Å². The molecule has 1 rings (SSSR count). The second kappa shape index (κ2) is 9.15. The van der Waals surface area contributed by atoms with Gasteiger partial charge >= 0.3 is 29.6 Å². The quantitative estimate of drug-likeness (QED) is 0.345. The minimum absolute atomic E-state index is 0. The molecule has 0 fully saturated rings. The van der Waals surface area contributed by atoms with Crippen LogP contribution in [0.3, 0.4) is 0 Å². The average molecular weight is 252 g/mol. The van der Waals surface area contributed by atoms with Gasteiger partial charge in [-0.15, -0.1) is 0 Å². The molecular formula is C10H13NaO4S. The van der Waals surface area contributed by atoms with Crippen molar-refractivity contribution in [3.8, 4) is 5.75 Å². The largest absolute Gasteiger partial charge is 1.00 e. The van der Waals surface area contributed by atoms with Crippen LogP contribution >= 0.6 is 0 Å². The van der Waals surface area contributed by atoms with Crippen molar-refractivity contribution < 1.29 is 47.8 Å². The van der Waals surface area contributed by atoms with Crippen LogP contribution in [0.5, 0.6) is 5.75 Å². The molecule has 1 aromatic rings. The zero-order chi connectivity index (χ0) is 11.1. The van der Waals surface area contributed by atoms with E-state index in [-0.39, 0.29) is 34.5 Å². The van der Waals surface area contributed by atoms with Gasteiger partial charge in [0, 0.05) is 11.5 Å². The van der Waals surface area contributed by atoms with Gasteiger partial charge in [0.25, 0.3) is 0 Å². The maximum Gasteiger partial charge on any atom is 1.00 e. The van der Waals surface area contributed by atoms with Crippen molar-refractivity contribution in [2.24, 2.45) is 0 Å². The molecule has 0 radical (unpaired) electrons. The van der Waals surface area contributed by atoms with Crippen LogP contribution in [0.1, 0.15) is 6.92 Å². The molecule has 0 saturated carbocycles. The smallest absolute Gasteiger partial charge is 0.768 e. The Kier molecular flexibility index (Phi) is 9.21. The molecule has 1 aromatic carbocycles. The summed E-state index contributed by atoms with van der Waals surface area (Å²) in [6.07, 6.45) is 0. The third-order valence-electron chi connectivity index (χ3n) is 1.72. The Bertz CT molecular complexity index is 315. The number of benzene rings is 1. The van der Waals surface area contributed by atoms with Crippen LogP contribution in [0.15, 0.2) is 29.2 Å². The summed E-state index contributed by atoms with van der Waals surface area (Å²) in [7, 11) is 0.